The second-order valence-electron chi connectivity index (χ2n) is 4.63. The summed E-state index contributed by atoms with van der Waals surface area (Å²) in [6.45, 7) is 0.326. The Balaban J connectivity index is 2.02. The monoisotopic (exact) mass is 284 g/mol. The normalized spacial score (nSPS) is 10.1. The number of rotatable bonds is 4. The summed E-state index contributed by atoms with van der Waals surface area (Å²) in [5, 5.41) is 2.75. The number of nitrogens with two attached hydrogens (primary N) is 3. The molecule has 21 heavy (non-hydrogen) atoms. The van der Waals surface area contributed by atoms with Gasteiger partial charge in [0.1, 0.15) is 0 Å². The predicted molar refractivity (Wildman–Crippen MR) is 81.4 cm³/mol. The maximum absolute atomic E-state index is 12.0. The molecule has 2 rings (SSSR count). The molecule has 0 saturated carbocycles. The molecule has 6 heteroatoms. The third kappa shape index (κ3) is 3.73. The fourth-order valence-electron chi connectivity index (χ4n) is 1.88. The zero-order valence-corrected chi connectivity index (χ0v) is 11.3. The maximum Gasteiger partial charge on any atom is 0.251 e. The number of carbonyl (C=O) groups excluding carboxylic acids is 2. The van der Waals surface area contributed by atoms with E-state index in [9.17, 15) is 9.59 Å². The summed E-state index contributed by atoms with van der Waals surface area (Å²) in [7, 11) is 0. The van der Waals surface area contributed by atoms with Crippen molar-refractivity contribution in [2.75, 3.05) is 11.5 Å². The molecule has 0 heterocycles. The number of amides is 2. The van der Waals surface area contributed by atoms with Crippen LogP contribution >= 0.6 is 0 Å². The standard InChI is InChI=1S/C15H16N4O2/c16-12-5-11(6-13(17)7-12)15(21)19-8-9-1-3-10(4-2-9)14(18)20/h1-7H,8,16-17H2,(H2,18,20)(H,19,21). The number of carbonyl (C=O) groups is 2. The van der Waals surface area contributed by atoms with Gasteiger partial charge in [-0.1, -0.05) is 12.1 Å². The van der Waals surface area contributed by atoms with E-state index in [-0.39, 0.29) is 5.91 Å². The number of nitrogens with one attached hydrogen (secondary N) is 1. The molecular formula is C15H16N4O2. The van der Waals surface area contributed by atoms with E-state index in [4.69, 9.17) is 17.2 Å². The van der Waals surface area contributed by atoms with Crippen molar-refractivity contribution >= 4 is 23.2 Å². The quantitative estimate of drug-likeness (QED) is 0.622. The van der Waals surface area contributed by atoms with Gasteiger partial charge in [-0.2, -0.15) is 0 Å². The van der Waals surface area contributed by atoms with E-state index < -0.39 is 5.91 Å². The minimum absolute atomic E-state index is 0.270. The first-order chi connectivity index (χ1) is 9.95. The Labute approximate surface area is 121 Å². The highest BCUT2D eigenvalue weighted by molar-refractivity contribution is 5.96. The van der Waals surface area contributed by atoms with E-state index in [0.717, 1.165) is 5.56 Å². The Morgan fingerprint density at radius 2 is 1.48 bits per heavy atom. The van der Waals surface area contributed by atoms with Crippen LogP contribution in [0.1, 0.15) is 26.3 Å². The van der Waals surface area contributed by atoms with Crippen molar-refractivity contribution < 1.29 is 9.59 Å². The zero-order chi connectivity index (χ0) is 15.4. The van der Waals surface area contributed by atoms with Crippen molar-refractivity contribution in [2.45, 2.75) is 6.54 Å². The highest BCUT2D eigenvalue weighted by Crippen LogP contribution is 2.13. The Kier molecular flexibility index (Phi) is 4.08. The van der Waals surface area contributed by atoms with Crippen LogP contribution in [-0.2, 0) is 6.54 Å². The lowest BCUT2D eigenvalue weighted by atomic mass is 10.1. The van der Waals surface area contributed by atoms with Gasteiger partial charge in [0.15, 0.2) is 0 Å². The van der Waals surface area contributed by atoms with Crippen LogP contribution in [0.3, 0.4) is 0 Å². The third-order valence-corrected chi connectivity index (χ3v) is 2.93. The summed E-state index contributed by atoms with van der Waals surface area (Å²) in [4.78, 5) is 23.0. The molecule has 0 spiro atoms. The first-order valence-corrected chi connectivity index (χ1v) is 6.28. The Bertz CT molecular complexity index is 660. The van der Waals surface area contributed by atoms with Gasteiger partial charge in [-0.15, -0.1) is 0 Å². The highest BCUT2D eigenvalue weighted by atomic mass is 16.2. The predicted octanol–water partition coefficient (Wildman–Crippen LogP) is 0.880. The molecule has 2 amide bonds. The minimum atomic E-state index is -0.485. The molecule has 0 saturated heterocycles. The Morgan fingerprint density at radius 1 is 0.905 bits per heavy atom. The van der Waals surface area contributed by atoms with Crippen molar-refractivity contribution in [3.8, 4) is 0 Å². The molecule has 0 unspecified atom stereocenters. The molecule has 0 fully saturated rings. The molecule has 7 N–H and O–H groups in total. The lowest BCUT2D eigenvalue weighted by molar-refractivity contribution is 0.0949. The number of nitrogen functional groups attached to an aromatic ring is 2. The van der Waals surface area contributed by atoms with Gasteiger partial charge in [0.25, 0.3) is 5.91 Å². The fraction of sp³-hybridized carbons (Fsp3) is 0.0667. The van der Waals surface area contributed by atoms with E-state index in [1.165, 1.54) is 0 Å². The van der Waals surface area contributed by atoms with Crippen LogP contribution in [0.4, 0.5) is 11.4 Å². The summed E-state index contributed by atoms with van der Waals surface area (Å²) in [5.41, 5.74) is 19.0. The Hall–Kier alpha value is -3.02. The number of primary amides is 1. The summed E-state index contributed by atoms with van der Waals surface area (Å²) in [5.74, 6) is -0.756. The molecule has 0 bridgehead atoms. The van der Waals surface area contributed by atoms with Crippen LogP contribution in [0.5, 0.6) is 0 Å². The molecule has 108 valence electrons. The first kappa shape index (κ1) is 14.4. The van der Waals surface area contributed by atoms with Crippen molar-refractivity contribution in [1.29, 1.82) is 0 Å². The van der Waals surface area contributed by atoms with Crippen LogP contribution in [0, 0.1) is 0 Å². The largest absolute Gasteiger partial charge is 0.399 e. The van der Waals surface area contributed by atoms with Crippen LogP contribution < -0.4 is 22.5 Å². The van der Waals surface area contributed by atoms with E-state index in [2.05, 4.69) is 5.32 Å². The molecular weight excluding hydrogens is 268 g/mol. The fourth-order valence-corrected chi connectivity index (χ4v) is 1.88. The topological polar surface area (TPSA) is 124 Å². The molecule has 0 aliphatic rings. The molecule has 6 nitrogen and oxygen atoms in total. The van der Waals surface area contributed by atoms with Crippen molar-refractivity contribution in [3.05, 3.63) is 59.2 Å². The van der Waals surface area contributed by atoms with Crippen LogP contribution in [0.15, 0.2) is 42.5 Å². The van der Waals surface area contributed by atoms with Crippen LogP contribution in [-0.4, -0.2) is 11.8 Å². The zero-order valence-electron chi connectivity index (χ0n) is 11.3. The van der Waals surface area contributed by atoms with Crippen LogP contribution in [0.25, 0.3) is 0 Å². The van der Waals surface area contributed by atoms with Crippen LogP contribution in [0.2, 0.25) is 0 Å². The van der Waals surface area contributed by atoms with Gasteiger partial charge in [-0.25, -0.2) is 0 Å². The van der Waals surface area contributed by atoms with E-state index in [1.54, 1.807) is 42.5 Å². The van der Waals surface area contributed by atoms with Crippen molar-refractivity contribution in [3.63, 3.8) is 0 Å². The summed E-state index contributed by atoms with van der Waals surface area (Å²) in [6, 6.07) is 11.4. The Morgan fingerprint density at radius 3 is 2.00 bits per heavy atom. The lowest BCUT2D eigenvalue weighted by Gasteiger charge is -2.07. The number of hydrogen-bond donors (Lipinski definition) is 4. The van der Waals surface area contributed by atoms with Crippen molar-refractivity contribution in [2.24, 2.45) is 5.73 Å². The molecule has 0 aromatic heterocycles. The van der Waals surface area contributed by atoms with E-state index >= 15 is 0 Å². The first-order valence-electron chi connectivity index (χ1n) is 6.28. The second-order valence-corrected chi connectivity index (χ2v) is 4.63. The lowest BCUT2D eigenvalue weighted by Crippen LogP contribution is -2.23. The average molecular weight is 284 g/mol. The third-order valence-electron chi connectivity index (χ3n) is 2.93. The number of anilines is 2. The van der Waals surface area contributed by atoms with Gasteiger partial charge in [-0.3, -0.25) is 9.59 Å². The van der Waals surface area contributed by atoms with Gasteiger partial charge in [-0.05, 0) is 35.9 Å². The SMILES string of the molecule is NC(=O)c1ccc(CNC(=O)c2cc(N)cc(N)c2)cc1. The second kappa shape index (κ2) is 5.96. The van der Waals surface area contributed by atoms with Gasteiger partial charge in [0.05, 0.1) is 0 Å². The molecule has 0 atom stereocenters. The number of hydrogen-bond acceptors (Lipinski definition) is 4. The van der Waals surface area contributed by atoms with Gasteiger partial charge >= 0.3 is 0 Å². The van der Waals surface area contributed by atoms with E-state index in [0.29, 0.717) is 29.0 Å². The maximum atomic E-state index is 12.0. The van der Waals surface area contributed by atoms with Gasteiger partial charge in [0.2, 0.25) is 5.91 Å². The molecule has 0 radical (unpaired) electrons. The molecule has 0 aliphatic heterocycles. The number of benzene rings is 2. The summed E-state index contributed by atoms with van der Waals surface area (Å²) >= 11 is 0. The molecule has 0 aliphatic carbocycles. The smallest absolute Gasteiger partial charge is 0.251 e. The summed E-state index contributed by atoms with van der Waals surface area (Å²) in [6.07, 6.45) is 0. The van der Waals surface area contributed by atoms with E-state index in [1.807, 2.05) is 0 Å². The summed E-state index contributed by atoms with van der Waals surface area (Å²) < 4.78 is 0. The minimum Gasteiger partial charge on any atom is -0.399 e. The van der Waals surface area contributed by atoms with Crippen molar-refractivity contribution in [1.82, 2.24) is 5.32 Å². The average Bonchev–Trinajstić information content (AvgIpc) is 2.44. The van der Waals surface area contributed by atoms with Gasteiger partial charge < -0.3 is 22.5 Å². The van der Waals surface area contributed by atoms with Gasteiger partial charge in [0, 0.05) is 29.0 Å². The molecule has 2 aromatic carbocycles. The highest BCUT2D eigenvalue weighted by Gasteiger charge is 2.07. The molecule has 2 aromatic rings.